The molecule has 5 nitrogen and oxygen atoms in total. The Morgan fingerprint density at radius 1 is 1.50 bits per heavy atom. The highest BCUT2D eigenvalue weighted by Crippen LogP contribution is 2.02. The molecule has 14 heavy (non-hydrogen) atoms. The lowest BCUT2D eigenvalue weighted by Crippen LogP contribution is -2.59. The molecule has 0 aromatic rings. The first kappa shape index (κ1) is 12.9. The molecule has 1 atom stereocenters. The van der Waals surface area contributed by atoms with Crippen LogP contribution in [0, 0.1) is 0 Å². The van der Waals surface area contributed by atoms with Gasteiger partial charge < -0.3 is 15.8 Å². The number of unbranched alkanes of at least 4 members (excludes halogenated alkanes) is 1. The quantitative estimate of drug-likeness (QED) is 0.547. The van der Waals surface area contributed by atoms with Gasteiger partial charge in [0, 0.05) is 0 Å². The summed E-state index contributed by atoms with van der Waals surface area (Å²) in [6.07, 6.45) is 2.49. The molecule has 0 spiro atoms. The van der Waals surface area contributed by atoms with E-state index in [1.807, 2.05) is 6.92 Å². The smallest absolute Gasteiger partial charge is 0.328 e. The van der Waals surface area contributed by atoms with E-state index >= 15 is 0 Å². The molecule has 0 aliphatic carbocycles. The van der Waals surface area contributed by atoms with Crippen molar-refractivity contribution in [3.8, 4) is 0 Å². The number of carbonyl (C=O) groups excluding carboxylic acids is 2. The number of esters is 1. The summed E-state index contributed by atoms with van der Waals surface area (Å²) in [5.74, 6) is -0.614. The minimum Gasteiger partial charge on any atom is -0.467 e. The minimum atomic E-state index is -0.519. The van der Waals surface area contributed by atoms with Gasteiger partial charge >= 0.3 is 5.97 Å². The fraction of sp³-hybridized carbons (Fsp3) is 0.778. The molecule has 0 aromatic heterocycles. The van der Waals surface area contributed by atoms with Crippen molar-refractivity contribution in [1.29, 1.82) is 0 Å². The standard InChI is InChI=1S/C9H18N2O3/c1-3-4-5-7(9(13)14-2)11-8(12)6-10/h7H,3-6,10H2,1-2H3,(H,11,12)/p+1/t7-/m1/s1. The largest absolute Gasteiger partial charge is 0.467 e. The fourth-order valence-electron chi connectivity index (χ4n) is 1.07. The van der Waals surface area contributed by atoms with Crippen molar-refractivity contribution in [3.05, 3.63) is 0 Å². The molecule has 0 rings (SSSR count). The lowest BCUT2D eigenvalue weighted by Gasteiger charge is -2.14. The minimum absolute atomic E-state index is 0.139. The molecule has 0 heterocycles. The maximum atomic E-state index is 11.2. The van der Waals surface area contributed by atoms with Gasteiger partial charge in [0.05, 0.1) is 7.11 Å². The van der Waals surface area contributed by atoms with Crippen LogP contribution in [0.4, 0.5) is 0 Å². The molecule has 82 valence electrons. The maximum Gasteiger partial charge on any atom is 0.328 e. The van der Waals surface area contributed by atoms with Gasteiger partial charge in [-0.25, -0.2) is 4.79 Å². The molecule has 0 aliphatic heterocycles. The van der Waals surface area contributed by atoms with Gasteiger partial charge in [-0.15, -0.1) is 0 Å². The molecular weight excluding hydrogens is 184 g/mol. The Labute approximate surface area is 84.0 Å². The van der Waals surface area contributed by atoms with Crippen molar-refractivity contribution < 1.29 is 20.1 Å². The molecule has 4 N–H and O–H groups in total. The number of quaternary nitrogens is 1. The predicted molar refractivity (Wildman–Crippen MR) is 51.2 cm³/mol. The predicted octanol–water partition coefficient (Wildman–Crippen LogP) is -0.924. The number of amides is 1. The first-order chi connectivity index (χ1) is 6.65. The van der Waals surface area contributed by atoms with Crippen LogP contribution in [-0.4, -0.2) is 31.6 Å². The van der Waals surface area contributed by atoms with E-state index in [0.29, 0.717) is 6.42 Å². The summed E-state index contributed by atoms with van der Waals surface area (Å²) in [7, 11) is 1.32. The number of methoxy groups -OCH3 is 1. The number of carbonyl (C=O) groups is 2. The summed E-state index contributed by atoms with van der Waals surface area (Å²) in [6.45, 7) is 2.16. The molecule has 0 radical (unpaired) electrons. The van der Waals surface area contributed by atoms with E-state index in [9.17, 15) is 9.59 Å². The van der Waals surface area contributed by atoms with Crippen LogP contribution in [0.1, 0.15) is 26.2 Å². The lowest BCUT2D eigenvalue weighted by molar-refractivity contribution is -0.355. The topological polar surface area (TPSA) is 83.0 Å². The van der Waals surface area contributed by atoms with Crippen molar-refractivity contribution >= 4 is 11.9 Å². The molecule has 0 unspecified atom stereocenters. The Balaban J connectivity index is 4.09. The summed E-state index contributed by atoms with van der Waals surface area (Å²) in [5.41, 5.74) is 3.44. The molecule has 1 amide bonds. The zero-order chi connectivity index (χ0) is 11.0. The number of hydrogen-bond acceptors (Lipinski definition) is 3. The van der Waals surface area contributed by atoms with Gasteiger partial charge in [0.25, 0.3) is 5.91 Å². The van der Waals surface area contributed by atoms with Crippen LogP contribution < -0.4 is 11.1 Å². The van der Waals surface area contributed by atoms with E-state index in [4.69, 9.17) is 0 Å². The highest BCUT2D eigenvalue weighted by atomic mass is 16.5. The Bertz CT molecular complexity index is 194. The monoisotopic (exact) mass is 203 g/mol. The van der Waals surface area contributed by atoms with Crippen molar-refractivity contribution in [2.75, 3.05) is 13.7 Å². The second-order valence-corrected chi connectivity index (χ2v) is 3.04. The average Bonchev–Trinajstić information content (AvgIpc) is 2.22. The number of hydrogen-bond donors (Lipinski definition) is 2. The summed E-state index contributed by atoms with van der Waals surface area (Å²) in [4.78, 5) is 22.2. The van der Waals surface area contributed by atoms with Crippen LogP contribution in [0.15, 0.2) is 0 Å². The van der Waals surface area contributed by atoms with E-state index < -0.39 is 6.04 Å². The Hall–Kier alpha value is -1.10. The Morgan fingerprint density at radius 3 is 2.57 bits per heavy atom. The van der Waals surface area contributed by atoms with E-state index in [1.165, 1.54) is 7.11 Å². The number of nitrogens with one attached hydrogen (secondary N) is 1. The van der Waals surface area contributed by atoms with Crippen molar-refractivity contribution in [1.82, 2.24) is 5.32 Å². The third-order valence-corrected chi connectivity index (χ3v) is 1.89. The zero-order valence-corrected chi connectivity index (χ0v) is 8.84. The van der Waals surface area contributed by atoms with E-state index in [1.54, 1.807) is 0 Å². The summed E-state index contributed by atoms with van der Waals surface area (Å²) in [5, 5.41) is 2.58. The van der Waals surface area contributed by atoms with Gasteiger partial charge in [-0.05, 0) is 6.42 Å². The second kappa shape index (κ2) is 7.32. The van der Waals surface area contributed by atoms with Gasteiger partial charge in [-0.1, -0.05) is 19.8 Å². The molecule has 5 heteroatoms. The van der Waals surface area contributed by atoms with Crippen molar-refractivity contribution in [2.24, 2.45) is 0 Å². The third kappa shape index (κ3) is 4.81. The maximum absolute atomic E-state index is 11.2. The van der Waals surface area contributed by atoms with Crippen molar-refractivity contribution in [3.63, 3.8) is 0 Å². The lowest BCUT2D eigenvalue weighted by atomic mass is 10.1. The van der Waals surface area contributed by atoms with Crippen LogP contribution in [0.5, 0.6) is 0 Å². The summed E-state index contributed by atoms with van der Waals surface area (Å²) >= 11 is 0. The SMILES string of the molecule is CCCC[C@@H](NC(=O)C[NH3+])C(=O)OC. The van der Waals surface area contributed by atoms with Gasteiger partial charge in [-0.2, -0.15) is 0 Å². The fourth-order valence-corrected chi connectivity index (χ4v) is 1.07. The zero-order valence-electron chi connectivity index (χ0n) is 8.84. The molecule has 0 aromatic carbocycles. The van der Waals surface area contributed by atoms with Gasteiger partial charge in [0.1, 0.15) is 6.04 Å². The van der Waals surface area contributed by atoms with E-state index in [0.717, 1.165) is 12.8 Å². The van der Waals surface area contributed by atoms with Gasteiger partial charge in [-0.3, -0.25) is 4.79 Å². The van der Waals surface area contributed by atoms with Gasteiger partial charge in [0.15, 0.2) is 6.54 Å². The molecule has 0 saturated carbocycles. The number of rotatable bonds is 6. The summed E-state index contributed by atoms with van der Waals surface area (Å²) in [6, 6.07) is -0.519. The Morgan fingerprint density at radius 2 is 2.14 bits per heavy atom. The first-order valence-electron chi connectivity index (χ1n) is 4.82. The molecule has 0 bridgehead atoms. The van der Waals surface area contributed by atoms with Crippen LogP contribution in [0.25, 0.3) is 0 Å². The molecular formula is C9H19N2O3+. The van der Waals surface area contributed by atoms with Crippen LogP contribution in [0.2, 0.25) is 0 Å². The highest BCUT2D eigenvalue weighted by Gasteiger charge is 2.20. The van der Waals surface area contributed by atoms with Crippen LogP contribution in [-0.2, 0) is 14.3 Å². The average molecular weight is 203 g/mol. The summed E-state index contributed by atoms with van der Waals surface area (Å²) < 4.78 is 4.58. The second-order valence-electron chi connectivity index (χ2n) is 3.04. The van der Waals surface area contributed by atoms with Crippen LogP contribution in [0.3, 0.4) is 0 Å². The first-order valence-corrected chi connectivity index (χ1v) is 4.82. The van der Waals surface area contributed by atoms with Crippen molar-refractivity contribution in [2.45, 2.75) is 32.2 Å². The molecule has 0 saturated heterocycles. The highest BCUT2D eigenvalue weighted by molar-refractivity contribution is 5.84. The normalized spacial score (nSPS) is 11.9. The Kier molecular flexibility index (Phi) is 6.74. The van der Waals surface area contributed by atoms with E-state index in [2.05, 4.69) is 15.8 Å². The third-order valence-electron chi connectivity index (χ3n) is 1.89. The molecule has 0 fully saturated rings. The van der Waals surface area contributed by atoms with Gasteiger partial charge in [0.2, 0.25) is 0 Å². The van der Waals surface area contributed by atoms with Crippen LogP contribution >= 0.6 is 0 Å². The molecule has 0 aliphatic rings. The number of ether oxygens (including phenoxy) is 1. The van der Waals surface area contributed by atoms with E-state index in [-0.39, 0.29) is 18.4 Å².